The van der Waals surface area contributed by atoms with Crippen molar-refractivity contribution in [3.63, 3.8) is 0 Å². The molecule has 5 nitrogen and oxygen atoms in total. The molecule has 5 heteroatoms. The summed E-state index contributed by atoms with van der Waals surface area (Å²) in [4.78, 5) is 19.2. The molecular formula is C20H17N3O2. The molecule has 0 aliphatic heterocycles. The van der Waals surface area contributed by atoms with Crippen LogP contribution in [-0.4, -0.2) is 23.0 Å². The van der Waals surface area contributed by atoms with E-state index in [0.717, 1.165) is 34.0 Å². The van der Waals surface area contributed by atoms with Gasteiger partial charge in [0.15, 0.2) is 0 Å². The number of methoxy groups -OCH3 is 1. The minimum atomic E-state index is -0.436. The molecule has 2 aromatic heterocycles. The van der Waals surface area contributed by atoms with Gasteiger partial charge in [0.1, 0.15) is 5.69 Å². The Bertz CT molecular complexity index is 1050. The molecule has 124 valence electrons. The number of aromatic nitrogens is 2. The number of esters is 1. The van der Waals surface area contributed by atoms with Crippen LogP contribution < -0.4 is 5.32 Å². The SMILES string of the molecule is COC(=O)c1cc2c(cn1)[nH]c1ccc(NCc3ccccc3)cc12. The molecule has 0 bridgehead atoms. The molecule has 0 spiro atoms. The molecule has 0 amide bonds. The summed E-state index contributed by atoms with van der Waals surface area (Å²) in [5.41, 5.74) is 4.44. The second-order valence-corrected chi connectivity index (χ2v) is 5.83. The summed E-state index contributed by atoms with van der Waals surface area (Å²) in [6, 6.07) is 18.2. The Kier molecular flexibility index (Phi) is 3.82. The lowest BCUT2D eigenvalue weighted by Crippen LogP contribution is -2.03. The number of nitrogens with zero attached hydrogens (tertiary/aromatic N) is 1. The molecule has 0 radical (unpaired) electrons. The number of nitrogens with one attached hydrogen (secondary N) is 2. The van der Waals surface area contributed by atoms with E-state index in [9.17, 15) is 4.79 Å². The number of anilines is 1. The summed E-state index contributed by atoms with van der Waals surface area (Å²) in [5.74, 6) is -0.436. The maximum Gasteiger partial charge on any atom is 0.356 e. The van der Waals surface area contributed by atoms with Crippen LogP contribution in [-0.2, 0) is 11.3 Å². The van der Waals surface area contributed by atoms with Crippen molar-refractivity contribution in [3.8, 4) is 0 Å². The molecule has 0 aliphatic rings. The highest BCUT2D eigenvalue weighted by Crippen LogP contribution is 2.28. The number of carbonyl (C=O) groups excluding carboxylic acids is 1. The van der Waals surface area contributed by atoms with Crippen molar-refractivity contribution >= 4 is 33.5 Å². The molecular weight excluding hydrogens is 314 g/mol. The highest BCUT2D eigenvalue weighted by molar-refractivity contribution is 6.09. The molecule has 4 rings (SSSR count). The number of fused-ring (bicyclic) bond motifs is 3. The lowest BCUT2D eigenvalue weighted by molar-refractivity contribution is 0.0594. The van der Waals surface area contributed by atoms with E-state index < -0.39 is 5.97 Å². The molecule has 2 heterocycles. The zero-order chi connectivity index (χ0) is 17.2. The van der Waals surface area contributed by atoms with Gasteiger partial charge in [0.25, 0.3) is 0 Å². The number of hydrogen-bond donors (Lipinski definition) is 2. The Morgan fingerprint density at radius 1 is 1.08 bits per heavy atom. The molecule has 2 N–H and O–H groups in total. The van der Waals surface area contributed by atoms with Crippen LogP contribution in [0.15, 0.2) is 60.8 Å². The second kappa shape index (κ2) is 6.28. The summed E-state index contributed by atoms with van der Waals surface area (Å²) < 4.78 is 4.76. The highest BCUT2D eigenvalue weighted by atomic mass is 16.5. The molecule has 0 saturated carbocycles. The van der Waals surface area contributed by atoms with Crippen molar-refractivity contribution in [1.29, 1.82) is 0 Å². The number of benzene rings is 2. The monoisotopic (exact) mass is 331 g/mol. The van der Waals surface area contributed by atoms with Crippen molar-refractivity contribution in [2.45, 2.75) is 6.54 Å². The Balaban J connectivity index is 1.70. The van der Waals surface area contributed by atoms with Crippen LogP contribution in [0.4, 0.5) is 5.69 Å². The van der Waals surface area contributed by atoms with Gasteiger partial charge in [-0.1, -0.05) is 30.3 Å². The van der Waals surface area contributed by atoms with Gasteiger partial charge in [0.2, 0.25) is 0 Å². The van der Waals surface area contributed by atoms with Crippen LogP contribution in [0.1, 0.15) is 16.1 Å². The molecule has 0 aliphatic carbocycles. The number of pyridine rings is 1. The maximum absolute atomic E-state index is 11.7. The Morgan fingerprint density at radius 2 is 1.88 bits per heavy atom. The van der Waals surface area contributed by atoms with E-state index in [1.807, 2.05) is 30.3 Å². The fourth-order valence-corrected chi connectivity index (χ4v) is 2.93. The third-order valence-electron chi connectivity index (χ3n) is 4.22. The van der Waals surface area contributed by atoms with Gasteiger partial charge in [-0.3, -0.25) is 0 Å². The first kappa shape index (κ1) is 15.2. The first-order valence-corrected chi connectivity index (χ1v) is 8.02. The largest absolute Gasteiger partial charge is 0.464 e. The van der Waals surface area contributed by atoms with Gasteiger partial charge in [-0.15, -0.1) is 0 Å². The van der Waals surface area contributed by atoms with E-state index in [4.69, 9.17) is 4.74 Å². The summed E-state index contributed by atoms with van der Waals surface area (Å²) >= 11 is 0. The van der Waals surface area contributed by atoms with Gasteiger partial charge >= 0.3 is 5.97 Å². The second-order valence-electron chi connectivity index (χ2n) is 5.83. The van der Waals surface area contributed by atoms with Gasteiger partial charge in [0, 0.05) is 28.5 Å². The summed E-state index contributed by atoms with van der Waals surface area (Å²) in [7, 11) is 1.36. The first-order chi connectivity index (χ1) is 12.2. The third-order valence-corrected chi connectivity index (χ3v) is 4.22. The third kappa shape index (κ3) is 2.92. The predicted octanol–water partition coefficient (Wildman–Crippen LogP) is 4.11. The molecule has 25 heavy (non-hydrogen) atoms. The molecule has 0 saturated heterocycles. The molecule has 0 atom stereocenters. The van der Waals surface area contributed by atoms with Gasteiger partial charge in [-0.25, -0.2) is 9.78 Å². The topological polar surface area (TPSA) is 67.0 Å². The first-order valence-electron chi connectivity index (χ1n) is 8.02. The van der Waals surface area contributed by atoms with Gasteiger partial charge in [-0.2, -0.15) is 0 Å². The van der Waals surface area contributed by atoms with Crippen molar-refractivity contribution < 1.29 is 9.53 Å². The van der Waals surface area contributed by atoms with Crippen LogP contribution in [0.25, 0.3) is 21.8 Å². The van der Waals surface area contributed by atoms with Gasteiger partial charge < -0.3 is 15.0 Å². The Morgan fingerprint density at radius 3 is 2.68 bits per heavy atom. The van der Waals surface area contributed by atoms with Crippen molar-refractivity contribution in [2.75, 3.05) is 12.4 Å². The lowest BCUT2D eigenvalue weighted by atomic mass is 10.1. The molecule has 0 fully saturated rings. The summed E-state index contributed by atoms with van der Waals surface area (Å²) in [6.07, 6.45) is 1.67. The lowest BCUT2D eigenvalue weighted by Gasteiger charge is -2.06. The zero-order valence-electron chi connectivity index (χ0n) is 13.7. The Hall–Kier alpha value is -3.34. The average molecular weight is 331 g/mol. The van der Waals surface area contributed by atoms with Crippen LogP contribution >= 0.6 is 0 Å². The number of rotatable bonds is 4. The maximum atomic E-state index is 11.7. The van der Waals surface area contributed by atoms with Crippen LogP contribution in [0.3, 0.4) is 0 Å². The van der Waals surface area contributed by atoms with Crippen molar-refractivity contribution in [3.05, 3.63) is 72.1 Å². The highest BCUT2D eigenvalue weighted by Gasteiger charge is 2.11. The Labute approximate surface area is 144 Å². The molecule has 4 aromatic rings. The standard InChI is InChI=1S/C20H17N3O2/c1-25-20(24)18-10-16-15-9-14(21-11-13-5-3-2-4-6-13)7-8-17(15)23-19(16)12-22-18/h2-10,12,21,23H,11H2,1H3. The van der Waals surface area contributed by atoms with E-state index >= 15 is 0 Å². The van der Waals surface area contributed by atoms with E-state index in [0.29, 0.717) is 5.69 Å². The summed E-state index contributed by atoms with van der Waals surface area (Å²) in [6.45, 7) is 0.754. The molecule has 0 unspecified atom stereocenters. The fraction of sp³-hybridized carbons (Fsp3) is 0.100. The quantitative estimate of drug-likeness (QED) is 0.552. The van der Waals surface area contributed by atoms with E-state index in [1.54, 1.807) is 12.3 Å². The average Bonchev–Trinajstić information content (AvgIpc) is 3.03. The number of H-pyrrole nitrogens is 1. The van der Waals surface area contributed by atoms with Crippen LogP contribution in [0.2, 0.25) is 0 Å². The summed E-state index contributed by atoms with van der Waals surface area (Å²) in [5, 5.41) is 5.43. The number of carbonyl (C=O) groups is 1. The number of aromatic amines is 1. The zero-order valence-corrected chi connectivity index (χ0v) is 13.7. The normalized spacial score (nSPS) is 10.9. The smallest absolute Gasteiger partial charge is 0.356 e. The minimum absolute atomic E-state index is 0.304. The van der Waals surface area contributed by atoms with E-state index in [-0.39, 0.29) is 0 Å². The minimum Gasteiger partial charge on any atom is -0.464 e. The van der Waals surface area contributed by atoms with Crippen LogP contribution in [0.5, 0.6) is 0 Å². The fourth-order valence-electron chi connectivity index (χ4n) is 2.93. The van der Waals surface area contributed by atoms with E-state index in [1.165, 1.54) is 12.7 Å². The van der Waals surface area contributed by atoms with Crippen molar-refractivity contribution in [2.24, 2.45) is 0 Å². The van der Waals surface area contributed by atoms with Crippen LogP contribution in [0, 0.1) is 0 Å². The number of ether oxygens (including phenoxy) is 1. The van der Waals surface area contributed by atoms with Gasteiger partial charge in [-0.05, 0) is 29.8 Å². The predicted molar refractivity (Wildman–Crippen MR) is 98.7 cm³/mol. The molecule has 2 aromatic carbocycles. The van der Waals surface area contributed by atoms with Crippen molar-refractivity contribution in [1.82, 2.24) is 9.97 Å². The van der Waals surface area contributed by atoms with Gasteiger partial charge in [0.05, 0.1) is 18.8 Å². The van der Waals surface area contributed by atoms with E-state index in [2.05, 4.69) is 33.5 Å². The number of hydrogen-bond acceptors (Lipinski definition) is 4.